The van der Waals surface area contributed by atoms with Gasteiger partial charge in [-0.2, -0.15) is 5.10 Å². The minimum Gasteiger partial charge on any atom is -0.872 e. The summed E-state index contributed by atoms with van der Waals surface area (Å²) in [5, 5.41) is 25.8. The van der Waals surface area contributed by atoms with Crippen LogP contribution in [0.4, 0.5) is 5.69 Å². The number of nitrogens with zero attached hydrogens (tertiary/aromatic N) is 2. The Morgan fingerprint density at radius 3 is 2.67 bits per heavy atom. The van der Waals surface area contributed by atoms with Crippen LogP contribution < -0.4 is 15.3 Å². The lowest BCUT2D eigenvalue weighted by Crippen LogP contribution is -2.24. The number of non-ortho nitro benzene ring substituents is 1. The SMILES string of the molecule is O=C(COc1ccc(Br)cc1)N/N=C/c1cc([N+](=O)[O-])ccc1[O-]. The van der Waals surface area contributed by atoms with E-state index in [1.54, 1.807) is 24.3 Å². The molecule has 2 rings (SSSR count). The maximum absolute atomic E-state index is 11.6. The predicted molar refractivity (Wildman–Crippen MR) is 87.9 cm³/mol. The molecule has 0 bridgehead atoms. The molecule has 1 amide bonds. The Hall–Kier alpha value is -2.94. The summed E-state index contributed by atoms with van der Waals surface area (Å²) in [6.45, 7) is -0.266. The lowest BCUT2D eigenvalue weighted by Gasteiger charge is -2.08. The number of carbonyl (C=O) groups excluding carboxylic acids is 1. The molecular weight excluding hydrogens is 382 g/mol. The number of hydrogen-bond donors (Lipinski definition) is 1. The highest BCUT2D eigenvalue weighted by Crippen LogP contribution is 2.19. The molecule has 0 atom stereocenters. The smallest absolute Gasteiger partial charge is 0.277 e. The molecule has 8 nitrogen and oxygen atoms in total. The molecule has 0 spiro atoms. The Morgan fingerprint density at radius 2 is 2.00 bits per heavy atom. The number of hydrogen-bond acceptors (Lipinski definition) is 6. The molecule has 1 N–H and O–H groups in total. The largest absolute Gasteiger partial charge is 0.872 e. The van der Waals surface area contributed by atoms with Crippen molar-refractivity contribution in [3.8, 4) is 11.5 Å². The van der Waals surface area contributed by atoms with Crippen LogP contribution in [-0.2, 0) is 4.79 Å². The second kappa shape index (κ2) is 8.06. The van der Waals surface area contributed by atoms with Gasteiger partial charge in [-0.25, -0.2) is 5.43 Å². The second-order valence-corrected chi connectivity index (χ2v) is 5.43. The highest BCUT2D eigenvalue weighted by atomic mass is 79.9. The molecule has 124 valence electrons. The number of carbonyl (C=O) groups is 1. The summed E-state index contributed by atoms with van der Waals surface area (Å²) in [5.74, 6) is -0.463. The number of amides is 1. The van der Waals surface area contributed by atoms with Gasteiger partial charge in [-0.05, 0) is 29.8 Å². The van der Waals surface area contributed by atoms with E-state index in [0.717, 1.165) is 28.9 Å². The number of ether oxygens (including phenoxy) is 1. The zero-order chi connectivity index (χ0) is 17.5. The summed E-state index contributed by atoms with van der Waals surface area (Å²) < 4.78 is 6.13. The molecule has 9 heteroatoms. The molecule has 0 saturated carbocycles. The third-order valence-corrected chi connectivity index (χ3v) is 3.31. The fraction of sp³-hybridized carbons (Fsp3) is 0.0667. The number of hydrazone groups is 1. The molecule has 0 saturated heterocycles. The van der Waals surface area contributed by atoms with Crippen molar-refractivity contribution >= 4 is 33.7 Å². The molecule has 0 radical (unpaired) electrons. The second-order valence-electron chi connectivity index (χ2n) is 4.52. The minimum absolute atomic E-state index is 0.00155. The molecule has 0 heterocycles. The molecule has 0 aromatic heterocycles. The number of nitro groups is 1. The van der Waals surface area contributed by atoms with Crippen molar-refractivity contribution in [2.75, 3.05) is 6.61 Å². The van der Waals surface area contributed by atoms with E-state index < -0.39 is 16.6 Å². The van der Waals surface area contributed by atoms with E-state index in [0.29, 0.717) is 5.75 Å². The third-order valence-electron chi connectivity index (χ3n) is 2.78. The average Bonchev–Trinajstić information content (AvgIpc) is 2.56. The van der Waals surface area contributed by atoms with Gasteiger partial charge in [-0.15, -0.1) is 0 Å². The summed E-state index contributed by atoms with van der Waals surface area (Å²) in [5.41, 5.74) is 1.94. The summed E-state index contributed by atoms with van der Waals surface area (Å²) in [4.78, 5) is 21.6. The molecule has 2 aromatic carbocycles. The molecule has 0 aliphatic rings. The van der Waals surface area contributed by atoms with Crippen molar-refractivity contribution in [3.63, 3.8) is 0 Å². The average molecular weight is 393 g/mol. The highest BCUT2D eigenvalue weighted by Gasteiger charge is 2.06. The molecular formula is C15H11BrN3O5-. The fourth-order valence-corrected chi connectivity index (χ4v) is 1.90. The standard InChI is InChI=1S/C15H12BrN3O5/c16-11-1-4-13(5-2-11)24-9-15(21)18-17-8-10-7-12(19(22)23)3-6-14(10)20/h1-8,20H,9H2,(H,18,21)/p-1/b17-8+. The first-order chi connectivity index (χ1) is 11.5. The van der Waals surface area contributed by atoms with Gasteiger partial charge in [-0.1, -0.05) is 27.7 Å². The van der Waals surface area contributed by atoms with Gasteiger partial charge in [0.25, 0.3) is 11.6 Å². The Balaban J connectivity index is 1.89. The zero-order valence-electron chi connectivity index (χ0n) is 12.1. The van der Waals surface area contributed by atoms with Crippen molar-refractivity contribution in [1.29, 1.82) is 0 Å². The summed E-state index contributed by atoms with van der Waals surface area (Å²) in [6.07, 6.45) is 1.05. The van der Waals surface area contributed by atoms with Crippen molar-refractivity contribution in [2.24, 2.45) is 5.10 Å². The first kappa shape index (κ1) is 17.4. The Labute approximate surface area is 145 Å². The first-order valence-electron chi connectivity index (χ1n) is 6.61. The van der Waals surface area contributed by atoms with E-state index in [4.69, 9.17) is 4.74 Å². The Kier molecular flexibility index (Phi) is 5.85. The molecule has 0 unspecified atom stereocenters. The lowest BCUT2D eigenvalue weighted by atomic mass is 10.2. The van der Waals surface area contributed by atoms with E-state index in [2.05, 4.69) is 26.5 Å². The summed E-state index contributed by atoms with van der Waals surface area (Å²) in [7, 11) is 0. The molecule has 0 aliphatic carbocycles. The first-order valence-corrected chi connectivity index (χ1v) is 7.41. The van der Waals surface area contributed by atoms with Crippen LogP contribution in [0.1, 0.15) is 5.56 Å². The van der Waals surface area contributed by atoms with Crippen molar-refractivity contribution in [3.05, 3.63) is 62.6 Å². The quantitative estimate of drug-likeness (QED) is 0.458. The number of benzene rings is 2. The zero-order valence-corrected chi connectivity index (χ0v) is 13.7. The predicted octanol–water partition coefficient (Wildman–Crippen LogP) is 1.96. The van der Waals surface area contributed by atoms with Crippen LogP contribution >= 0.6 is 15.9 Å². The van der Waals surface area contributed by atoms with E-state index >= 15 is 0 Å². The molecule has 0 aliphatic heterocycles. The van der Waals surface area contributed by atoms with Gasteiger partial charge in [0.15, 0.2) is 6.61 Å². The lowest BCUT2D eigenvalue weighted by molar-refractivity contribution is -0.385. The number of nitrogens with one attached hydrogen (secondary N) is 1. The molecule has 2 aromatic rings. The van der Waals surface area contributed by atoms with E-state index in [9.17, 15) is 20.0 Å². The number of nitro benzene ring substituents is 1. The summed E-state index contributed by atoms with van der Waals surface area (Å²) >= 11 is 3.28. The van der Waals surface area contributed by atoms with Crippen LogP contribution in [0.25, 0.3) is 0 Å². The van der Waals surface area contributed by atoms with Crippen LogP contribution in [0.2, 0.25) is 0 Å². The van der Waals surface area contributed by atoms with E-state index in [1.807, 2.05) is 0 Å². The Morgan fingerprint density at radius 1 is 1.29 bits per heavy atom. The Bertz CT molecular complexity index is 777. The van der Waals surface area contributed by atoms with E-state index in [-0.39, 0.29) is 17.9 Å². The van der Waals surface area contributed by atoms with Gasteiger partial charge < -0.3 is 9.84 Å². The van der Waals surface area contributed by atoms with Gasteiger partial charge in [0, 0.05) is 16.6 Å². The van der Waals surface area contributed by atoms with Gasteiger partial charge >= 0.3 is 0 Å². The third kappa shape index (κ3) is 5.06. The van der Waals surface area contributed by atoms with Crippen LogP contribution in [-0.4, -0.2) is 23.7 Å². The van der Waals surface area contributed by atoms with Gasteiger partial charge in [0.05, 0.1) is 11.1 Å². The summed E-state index contributed by atoms with van der Waals surface area (Å²) in [6, 6.07) is 10.2. The minimum atomic E-state index is -0.624. The van der Waals surface area contributed by atoms with Gasteiger partial charge in [0.1, 0.15) is 5.75 Å². The van der Waals surface area contributed by atoms with Crippen molar-refractivity contribution < 1.29 is 19.6 Å². The van der Waals surface area contributed by atoms with Crippen LogP contribution in [0, 0.1) is 10.1 Å². The monoisotopic (exact) mass is 392 g/mol. The number of rotatable bonds is 6. The number of halogens is 1. The van der Waals surface area contributed by atoms with Gasteiger partial charge in [0.2, 0.25) is 0 Å². The van der Waals surface area contributed by atoms with Crippen LogP contribution in [0.5, 0.6) is 11.5 Å². The van der Waals surface area contributed by atoms with Crippen LogP contribution in [0.15, 0.2) is 52.0 Å². The van der Waals surface area contributed by atoms with E-state index in [1.165, 1.54) is 0 Å². The highest BCUT2D eigenvalue weighted by molar-refractivity contribution is 9.10. The fourth-order valence-electron chi connectivity index (χ4n) is 1.64. The van der Waals surface area contributed by atoms with Crippen molar-refractivity contribution in [1.82, 2.24) is 5.43 Å². The molecule has 0 fully saturated rings. The van der Waals surface area contributed by atoms with Crippen LogP contribution in [0.3, 0.4) is 0 Å². The topological polar surface area (TPSA) is 117 Å². The van der Waals surface area contributed by atoms with Crippen molar-refractivity contribution in [2.45, 2.75) is 0 Å². The maximum Gasteiger partial charge on any atom is 0.277 e. The normalized spacial score (nSPS) is 10.5. The van der Waals surface area contributed by atoms with Gasteiger partial charge in [-0.3, -0.25) is 14.9 Å². The maximum atomic E-state index is 11.6. The molecule has 24 heavy (non-hydrogen) atoms.